The highest BCUT2D eigenvalue weighted by Gasteiger charge is 2.53. The van der Waals surface area contributed by atoms with Gasteiger partial charge >= 0.3 is 6.03 Å². The van der Waals surface area contributed by atoms with E-state index in [4.69, 9.17) is 4.74 Å². The molecule has 3 amide bonds. The normalized spacial score (nSPS) is 24.0. The zero-order valence-corrected chi connectivity index (χ0v) is 24.3. The van der Waals surface area contributed by atoms with Gasteiger partial charge in [0.2, 0.25) is 10.0 Å². The zero-order chi connectivity index (χ0) is 28.4. The fraction of sp³-hybridized carbons (Fsp3) is 0.552. The van der Waals surface area contributed by atoms with Crippen LogP contribution in [0, 0.1) is 5.92 Å². The van der Waals surface area contributed by atoms with Crippen molar-refractivity contribution in [3.8, 4) is 0 Å². The topological polar surface area (TPSA) is 112 Å². The SMILES string of the molecule is CC(Nc1cc(CN2C(=O)N(c3ccc4c(c3)N(S(C)(=O)=O)CC43CCC3)C(=O)C2(C)C)ccn1)C1CCOC1. The van der Waals surface area contributed by atoms with Crippen LogP contribution in [-0.2, 0) is 31.5 Å². The third kappa shape index (κ3) is 4.34. The Kier molecular flexibility index (Phi) is 6.38. The molecule has 11 heteroatoms. The summed E-state index contributed by atoms with van der Waals surface area (Å²) in [7, 11) is -3.51. The first-order valence-corrected chi connectivity index (χ1v) is 15.8. The summed E-state index contributed by atoms with van der Waals surface area (Å²) in [6.07, 6.45) is 6.85. The van der Waals surface area contributed by atoms with Crippen LogP contribution in [0.15, 0.2) is 36.5 Å². The van der Waals surface area contributed by atoms with Gasteiger partial charge in [0.15, 0.2) is 0 Å². The Balaban J connectivity index is 1.26. The Morgan fingerprint density at radius 3 is 2.60 bits per heavy atom. The molecule has 6 rings (SSSR count). The van der Waals surface area contributed by atoms with Crippen LogP contribution >= 0.6 is 0 Å². The molecule has 1 spiro atoms. The van der Waals surface area contributed by atoms with Crippen molar-refractivity contribution in [1.82, 2.24) is 9.88 Å². The van der Waals surface area contributed by atoms with Gasteiger partial charge in [0.05, 0.1) is 24.2 Å². The Morgan fingerprint density at radius 2 is 1.95 bits per heavy atom. The number of ether oxygens (including phenoxy) is 1. The number of hydrogen-bond acceptors (Lipinski definition) is 7. The number of anilines is 3. The second-order valence-electron chi connectivity index (χ2n) is 12.3. The van der Waals surface area contributed by atoms with Crippen LogP contribution in [0.2, 0.25) is 0 Å². The minimum Gasteiger partial charge on any atom is -0.381 e. The summed E-state index contributed by atoms with van der Waals surface area (Å²) in [6.45, 7) is 7.76. The summed E-state index contributed by atoms with van der Waals surface area (Å²) in [5.74, 6) is 0.789. The molecule has 214 valence electrons. The molecule has 2 aromatic rings. The molecule has 4 aliphatic rings. The number of carbonyl (C=O) groups excluding carboxylic acids is 2. The Bertz CT molecular complexity index is 1460. The lowest BCUT2D eigenvalue weighted by Crippen LogP contribution is -2.43. The van der Waals surface area contributed by atoms with Gasteiger partial charge in [-0.15, -0.1) is 0 Å². The average molecular weight is 568 g/mol. The molecular weight excluding hydrogens is 530 g/mol. The predicted octanol–water partition coefficient (Wildman–Crippen LogP) is 3.87. The van der Waals surface area contributed by atoms with Gasteiger partial charge < -0.3 is 15.0 Å². The number of nitrogens with one attached hydrogen (secondary N) is 1. The van der Waals surface area contributed by atoms with Crippen molar-refractivity contribution in [2.24, 2.45) is 5.92 Å². The van der Waals surface area contributed by atoms with E-state index in [2.05, 4.69) is 17.2 Å². The first kappa shape index (κ1) is 27.0. The molecular formula is C29H37N5O5S. The molecule has 1 aromatic carbocycles. The minimum atomic E-state index is -3.51. The Morgan fingerprint density at radius 1 is 1.18 bits per heavy atom. The zero-order valence-electron chi connectivity index (χ0n) is 23.5. The molecule has 0 radical (unpaired) electrons. The van der Waals surface area contributed by atoms with Gasteiger partial charge in [-0.1, -0.05) is 12.5 Å². The number of nitrogens with zero attached hydrogens (tertiary/aromatic N) is 4. The number of pyridine rings is 1. The molecule has 10 nitrogen and oxygen atoms in total. The van der Waals surface area contributed by atoms with E-state index in [1.807, 2.05) is 18.2 Å². The van der Waals surface area contributed by atoms with Crippen molar-refractivity contribution >= 4 is 39.2 Å². The quantitative estimate of drug-likeness (QED) is 0.506. The van der Waals surface area contributed by atoms with E-state index in [-0.39, 0.29) is 23.9 Å². The number of hydrogen-bond donors (Lipinski definition) is 1. The molecule has 1 N–H and O–H groups in total. The van der Waals surface area contributed by atoms with Gasteiger partial charge in [0, 0.05) is 43.3 Å². The number of amides is 3. The molecule has 40 heavy (non-hydrogen) atoms. The van der Waals surface area contributed by atoms with Crippen LogP contribution in [0.5, 0.6) is 0 Å². The summed E-state index contributed by atoms with van der Waals surface area (Å²) in [5, 5.41) is 3.46. The van der Waals surface area contributed by atoms with Crippen molar-refractivity contribution < 1.29 is 22.7 Å². The van der Waals surface area contributed by atoms with E-state index >= 15 is 0 Å². The van der Waals surface area contributed by atoms with Gasteiger partial charge in [-0.05, 0) is 75.4 Å². The van der Waals surface area contributed by atoms with Crippen molar-refractivity contribution in [3.05, 3.63) is 47.7 Å². The maximum Gasteiger partial charge on any atom is 0.332 e. The second-order valence-corrected chi connectivity index (χ2v) is 14.2. The predicted molar refractivity (Wildman–Crippen MR) is 153 cm³/mol. The van der Waals surface area contributed by atoms with E-state index in [9.17, 15) is 18.0 Å². The first-order valence-electron chi connectivity index (χ1n) is 14.0. The molecule has 2 unspecified atom stereocenters. The van der Waals surface area contributed by atoms with Gasteiger partial charge in [-0.2, -0.15) is 0 Å². The molecule has 2 atom stereocenters. The molecule has 1 aromatic heterocycles. The maximum absolute atomic E-state index is 13.8. The number of rotatable bonds is 7. The highest BCUT2D eigenvalue weighted by molar-refractivity contribution is 7.92. The van der Waals surface area contributed by atoms with Gasteiger partial charge in [-0.25, -0.2) is 23.1 Å². The maximum atomic E-state index is 13.8. The monoisotopic (exact) mass is 567 g/mol. The van der Waals surface area contributed by atoms with Crippen molar-refractivity contribution in [3.63, 3.8) is 0 Å². The third-order valence-electron chi connectivity index (χ3n) is 9.27. The van der Waals surface area contributed by atoms with E-state index in [0.29, 0.717) is 29.7 Å². The van der Waals surface area contributed by atoms with Crippen LogP contribution in [0.3, 0.4) is 0 Å². The Labute approximate surface area is 235 Å². The summed E-state index contributed by atoms with van der Waals surface area (Å²) in [5.41, 5.74) is 1.54. The Hall–Kier alpha value is -3.18. The highest BCUT2D eigenvalue weighted by atomic mass is 32.2. The van der Waals surface area contributed by atoms with Crippen molar-refractivity contribution in [2.45, 2.75) is 70.0 Å². The molecule has 3 aliphatic heterocycles. The van der Waals surface area contributed by atoms with Crippen LogP contribution in [0.1, 0.15) is 57.6 Å². The van der Waals surface area contributed by atoms with Gasteiger partial charge in [-0.3, -0.25) is 9.10 Å². The van der Waals surface area contributed by atoms with E-state index in [1.165, 1.54) is 15.5 Å². The fourth-order valence-corrected chi connectivity index (χ4v) is 7.54. The fourth-order valence-electron chi connectivity index (χ4n) is 6.55. The summed E-state index contributed by atoms with van der Waals surface area (Å²) < 4.78 is 32.3. The van der Waals surface area contributed by atoms with E-state index in [0.717, 1.165) is 50.0 Å². The molecule has 3 fully saturated rings. The number of sulfonamides is 1. The smallest absolute Gasteiger partial charge is 0.332 e. The lowest BCUT2D eigenvalue weighted by Gasteiger charge is -2.38. The standard InChI is InChI=1S/C29H37N5O5S/c1-19(21-9-13-39-17-21)31-25-14-20(8-12-30-25)16-32-27(36)34(26(35)28(32,2)3)22-6-7-23-24(15-22)33(40(4,37)38)18-29(23)10-5-11-29/h6-8,12,14-15,19,21H,5,9-11,13,16-18H2,1-4H3,(H,30,31). The average Bonchev–Trinajstić information content (AvgIpc) is 3.57. The summed E-state index contributed by atoms with van der Waals surface area (Å²) >= 11 is 0. The lowest BCUT2D eigenvalue weighted by molar-refractivity contribution is -0.123. The third-order valence-corrected chi connectivity index (χ3v) is 10.4. The number of benzene rings is 1. The number of aromatic nitrogens is 1. The first-order chi connectivity index (χ1) is 18.9. The number of carbonyl (C=O) groups is 2. The van der Waals surface area contributed by atoms with E-state index < -0.39 is 21.6 Å². The minimum absolute atomic E-state index is 0.170. The van der Waals surface area contributed by atoms with E-state index in [1.54, 1.807) is 37.1 Å². The number of imide groups is 1. The number of urea groups is 1. The molecule has 0 bridgehead atoms. The van der Waals surface area contributed by atoms with Crippen LogP contribution in [-0.4, -0.2) is 67.8 Å². The van der Waals surface area contributed by atoms with Crippen LogP contribution < -0.4 is 14.5 Å². The second kappa shape index (κ2) is 9.44. The molecule has 1 saturated carbocycles. The van der Waals surface area contributed by atoms with Crippen molar-refractivity contribution in [2.75, 3.05) is 40.5 Å². The lowest BCUT2D eigenvalue weighted by atomic mass is 9.66. The van der Waals surface area contributed by atoms with Crippen LogP contribution in [0.4, 0.5) is 22.0 Å². The summed E-state index contributed by atoms with van der Waals surface area (Å²) in [4.78, 5) is 34.7. The number of fused-ring (bicyclic) bond motifs is 2. The summed E-state index contributed by atoms with van der Waals surface area (Å²) in [6, 6.07) is 8.91. The molecule has 1 aliphatic carbocycles. The van der Waals surface area contributed by atoms with Gasteiger partial charge in [0.25, 0.3) is 5.91 Å². The molecule has 2 saturated heterocycles. The van der Waals surface area contributed by atoms with Gasteiger partial charge in [0.1, 0.15) is 11.4 Å². The highest BCUT2D eigenvalue weighted by Crippen LogP contribution is 2.54. The molecule has 4 heterocycles. The van der Waals surface area contributed by atoms with Crippen molar-refractivity contribution in [1.29, 1.82) is 0 Å². The van der Waals surface area contributed by atoms with Crippen LogP contribution in [0.25, 0.3) is 0 Å². The largest absolute Gasteiger partial charge is 0.381 e.